The molecule has 0 aliphatic carbocycles. The lowest BCUT2D eigenvalue weighted by atomic mass is 9.97. The number of ketones is 1. The first-order valence-electron chi connectivity index (χ1n) is 8.45. The molecule has 1 aliphatic rings. The van der Waals surface area contributed by atoms with Gasteiger partial charge in [0.25, 0.3) is 0 Å². The highest BCUT2D eigenvalue weighted by molar-refractivity contribution is 6.13. The molecule has 0 unspecified atom stereocenters. The molecule has 3 aromatic carbocycles. The van der Waals surface area contributed by atoms with Crippen molar-refractivity contribution in [3.05, 3.63) is 107 Å². The van der Waals surface area contributed by atoms with Gasteiger partial charge in [-0.25, -0.2) is 0 Å². The summed E-state index contributed by atoms with van der Waals surface area (Å²) in [5.41, 5.74) is 3.17. The number of phenolic OH excluding ortho intramolecular Hbond substituents is 2. The summed E-state index contributed by atoms with van der Waals surface area (Å²) in [5, 5.41) is 19.5. The summed E-state index contributed by atoms with van der Waals surface area (Å²) >= 11 is 0. The number of ether oxygens (including phenoxy) is 1. The molecule has 0 saturated heterocycles. The molecule has 4 rings (SSSR count). The fraction of sp³-hybridized carbons (Fsp3) is 0. The van der Waals surface area contributed by atoms with Crippen LogP contribution in [0.25, 0.3) is 5.57 Å². The quantitative estimate of drug-likeness (QED) is 0.528. The van der Waals surface area contributed by atoms with Crippen molar-refractivity contribution in [1.82, 2.24) is 0 Å². The molecular weight excluding hydrogens is 340 g/mol. The van der Waals surface area contributed by atoms with Crippen LogP contribution in [-0.2, 0) is 0 Å². The maximum absolute atomic E-state index is 12.5. The molecular formula is C23H16O4. The first kappa shape index (κ1) is 16.7. The average Bonchev–Trinajstić information content (AvgIpc) is 3.03. The molecule has 4 nitrogen and oxygen atoms in total. The molecule has 132 valence electrons. The average molecular weight is 356 g/mol. The minimum Gasteiger partial charge on any atom is -0.504 e. The lowest BCUT2D eigenvalue weighted by molar-refractivity contribution is 0.101. The molecule has 4 heteroatoms. The zero-order chi connectivity index (χ0) is 18.8. The van der Waals surface area contributed by atoms with Crippen molar-refractivity contribution in [2.24, 2.45) is 0 Å². The summed E-state index contributed by atoms with van der Waals surface area (Å²) < 4.78 is 5.51. The van der Waals surface area contributed by atoms with Gasteiger partial charge in [-0.15, -0.1) is 0 Å². The van der Waals surface area contributed by atoms with E-state index in [1.54, 1.807) is 6.08 Å². The predicted octanol–water partition coefficient (Wildman–Crippen LogP) is 4.69. The first-order valence-corrected chi connectivity index (χ1v) is 8.45. The minimum absolute atomic E-state index is 0.0133. The van der Waals surface area contributed by atoms with Crippen molar-refractivity contribution in [3.63, 3.8) is 0 Å². The third-order valence-corrected chi connectivity index (χ3v) is 4.36. The number of hydrogen-bond donors (Lipinski definition) is 2. The number of allylic oxidation sites excluding steroid dienone is 3. The van der Waals surface area contributed by atoms with Gasteiger partial charge < -0.3 is 14.9 Å². The summed E-state index contributed by atoms with van der Waals surface area (Å²) in [4.78, 5) is 12.5. The molecule has 2 N–H and O–H groups in total. The number of benzene rings is 3. The van der Waals surface area contributed by atoms with Crippen LogP contribution in [-0.4, -0.2) is 16.0 Å². The fourth-order valence-corrected chi connectivity index (χ4v) is 3.00. The van der Waals surface area contributed by atoms with Crippen LogP contribution < -0.4 is 4.74 Å². The smallest absolute Gasteiger partial charge is 0.232 e. The maximum Gasteiger partial charge on any atom is 0.232 e. The number of aromatic hydroxyl groups is 2. The van der Waals surface area contributed by atoms with Gasteiger partial charge in [0.05, 0.1) is 5.56 Å². The molecule has 0 radical (unpaired) electrons. The van der Waals surface area contributed by atoms with E-state index in [0.717, 1.165) is 16.7 Å². The Morgan fingerprint density at radius 3 is 2.00 bits per heavy atom. The molecule has 0 amide bonds. The van der Waals surface area contributed by atoms with E-state index in [1.807, 2.05) is 66.7 Å². The third kappa shape index (κ3) is 3.09. The van der Waals surface area contributed by atoms with Crippen LogP contribution in [0, 0.1) is 0 Å². The standard InChI is InChI=1S/C23H16O4/c24-19-13-11-18-21(25)20(27-23(18)22(19)26)14-12-17(15-7-3-1-4-8-15)16-9-5-2-6-10-16/h1-14,24,26H. The van der Waals surface area contributed by atoms with E-state index >= 15 is 0 Å². The topological polar surface area (TPSA) is 66.8 Å². The van der Waals surface area contributed by atoms with Gasteiger partial charge in [-0.3, -0.25) is 4.79 Å². The zero-order valence-corrected chi connectivity index (χ0v) is 14.3. The van der Waals surface area contributed by atoms with Crippen molar-refractivity contribution in [2.75, 3.05) is 0 Å². The lowest BCUT2D eigenvalue weighted by Gasteiger charge is -2.07. The maximum atomic E-state index is 12.5. The monoisotopic (exact) mass is 356 g/mol. The number of carbonyl (C=O) groups is 1. The van der Waals surface area contributed by atoms with Gasteiger partial charge in [-0.2, -0.15) is 0 Å². The van der Waals surface area contributed by atoms with Gasteiger partial charge in [0, 0.05) is 0 Å². The van der Waals surface area contributed by atoms with Crippen LogP contribution >= 0.6 is 0 Å². The SMILES string of the molecule is O=C1C(=CC=C(c2ccccc2)c2ccccc2)Oc2c1ccc(O)c2O. The molecule has 1 aliphatic heterocycles. The van der Waals surface area contributed by atoms with Crippen LogP contribution in [0.5, 0.6) is 17.2 Å². The minimum atomic E-state index is -0.431. The highest BCUT2D eigenvalue weighted by Crippen LogP contribution is 2.43. The van der Waals surface area contributed by atoms with Crippen molar-refractivity contribution >= 4 is 11.4 Å². The third-order valence-electron chi connectivity index (χ3n) is 4.36. The van der Waals surface area contributed by atoms with Crippen LogP contribution in [0.4, 0.5) is 0 Å². The Morgan fingerprint density at radius 2 is 1.41 bits per heavy atom. The van der Waals surface area contributed by atoms with Crippen molar-refractivity contribution in [1.29, 1.82) is 0 Å². The molecule has 0 saturated carbocycles. The Bertz CT molecular complexity index is 1020. The van der Waals surface area contributed by atoms with Crippen LogP contribution in [0.3, 0.4) is 0 Å². The Labute approximate surface area is 156 Å². The van der Waals surface area contributed by atoms with E-state index in [1.165, 1.54) is 12.1 Å². The lowest BCUT2D eigenvalue weighted by Crippen LogP contribution is -1.98. The highest BCUT2D eigenvalue weighted by atomic mass is 16.5. The van der Waals surface area contributed by atoms with Gasteiger partial charge >= 0.3 is 0 Å². The second-order valence-corrected chi connectivity index (χ2v) is 6.08. The second-order valence-electron chi connectivity index (χ2n) is 6.08. The molecule has 0 spiro atoms. The van der Waals surface area contributed by atoms with E-state index in [2.05, 4.69) is 0 Å². The number of hydrogen-bond acceptors (Lipinski definition) is 4. The Kier molecular flexibility index (Phi) is 4.22. The Hall–Kier alpha value is -3.79. The molecule has 0 aromatic heterocycles. The molecule has 3 aromatic rings. The van der Waals surface area contributed by atoms with Crippen LogP contribution in [0.2, 0.25) is 0 Å². The van der Waals surface area contributed by atoms with E-state index in [9.17, 15) is 15.0 Å². The first-order chi connectivity index (χ1) is 13.1. The van der Waals surface area contributed by atoms with Crippen molar-refractivity contribution < 1.29 is 19.7 Å². The number of phenols is 2. The Morgan fingerprint density at radius 1 is 0.815 bits per heavy atom. The van der Waals surface area contributed by atoms with Crippen LogP contribution in [0.1, 0.15) is 21.5 Å². The largest absolute Gasteiger partial charge is 0.504 e. The summed E-state index contributed by atoms with van der Waals surface area (Å²) in [7, 11) is 0. The number of Topliss-reactive ketones (excluding diaryl/α,β-unsaturated/α-hetero) is 1. The van der Waals surface area contributed by atoms with Crippen molar-refractivity contribution in [2.45, 2.75) is 0 Å². The second kappa shape index (κ2) is 6.84. The van der Waals surface area contributed by atoms with E-state index in [4.69, 9.17) is 4.74 Å². The summed E-state index contributed by atoms with van der Waals surface area (Å²) in [6, 6.07) is 22.4. The van der Waals surface area contributed by atoms with Gasteiger partial charge in [0.1, 0.15) is 0 Å². The zero-order valence-electron chi connectivity index (χ0n) is 14.3. The fourth-order valence-electron chi connectivity index (χ4n) is 3.00. The Balaban J connectivity index is 1.77. The van der Waals surface area contributed by atoms with Crippen molar-refractivity contribution in [3.8, 4) is 17.2 Å². The van der Waals surface area contributed by atoms with Gasteiger partial charge in [-0.1, -0.05) is 60.7 Å². The molecule has 0 bridgehead atoms. The molecule has 1 heterocycles. The number of rotatable bonds is 3. The van der Waals surface area contributed by atoms with Gasteiger partial charge in [-0.05, 0) is 41.0 Å². The van der Waals surface area contributed by atoms with E-state index in [-0.39, 0.29) is 28.6 Å². The van der Waals surface area contributed by atoms with E-state index in [0.29, 0.717) is 0 Å². The van der Waals surface area contributed by atoms with Gasteiger partial charge in [0.2, 0.25) is 11.5 Å². The normalized spacial score (nSPS) is 13.9. The highest BCUT2D eigenvalue weighted by Gasteiger charge is 2.30. The summed E-state index contributed by atoms with van der Waals surface area (Å²) in [6.07, 6.45) is 3.41. The van der Waals surface area contributed by atoms with Crippen LogP contribution in [0.15, 0.2) is 90.7 Å². The molecule has 27 heavy (non-hydrogen) atoms. The van der Waals surface area contributed by atoms with Gasteiger partial charge in [0.15, 0.2) is 17.3 Å². The summed E-state index contributed by atoms with van der Waals surface area (Å²) in [5.74, 6) is -1.01. The molecule has 0 fully saturated rings. The summed E-state index contributed by atoms with van der Waals surface area (Å²) in [6.45, 7) is 0. The number of fused-ring (bicyclic) bond motifs is 1. The van der Waals surface area contributed by atoms with E-state index < -0.39 is 5.75 Å². The molecule has 0 atom stereocenters. The predicted molar refractivity (Wildman–Crippen MR) is 103 cm³/mol. The number of carbonyl (C=O) groups excluding carboxylic acids is 1.